The number of dihydropyridines is 1. The van der Waals surface area contributed by atoms with E-state index in [-0.39, 0.29) is 12.0 Å². The second-order valence-corrected chi connectivity index (χ2v) is 7.37. The summed E-state index contributed by atoms with van der Waals surface area (Å²) in [5, 5.41) is 3.44. The minimum atomic E-state index is -0.847. The van der Waals surface area contributed by atoms with Crippen LogP contribution in [0.5, 0.6) is 0 Å². The van der Waals surface area contributed by atoms with Crippen molar-refractivity contribution in [1.29, 1.82) is 0 Å². The van der Waals surface area contributed by atoms with E-state index in [9.17, 15) is 9.59 Å². The van der Waals surface area contributed by atoms with Crippen LogP contribution in [0.4, 0.5) is 4.79 Å². The van der Waals surface area contributed by atoms with Crippen LogP contribution in [0.2, 0.25) is 0 Å². The minimum Gasteiger partial charge on any atom is -0.444 e. The molecule has 0 aromatic carbocycles. The van der Waals surface area contributed by atoms with Crippen molar-refractivity contribution in [3.8, 4) is 0 Å². The summed E-state index contributed by atoms with van der Waals surface area (Å²) in [6.45, 7) is 9.18. The molecule has 128 valence electrons. The summed E-state index contributed by atoms with van der Waals surface area (Å²) < 4.78 is 5.36. The molecule has 1 atom stereocenters. The van der Waals surface area contributed by atoms with Gasteiger partial charge in [0.15, 0.2) is 0 Å². The lowest BCUT2D eigenvalue weighted by atomic mass is 9.97. The standard InChI is InChI=1S/C16H24ClN3O3/c1-15(2,3)23-14(22)20-10-8-19(9-11-20)13(21)16(4)7-5-6-12(17)18-16/h5-7,18H,8-11H2,1-4H3. The van der Waals surface area contributed by atoms with E-state index in [1.54, 1.807) is 35.0 Å². The van der Waals surface area contributed by atoms with E-state index in [1.165, 1.54) is 0 Å². The number of nitrogens with one attached hydrogen (secondary N) is 1. The molecule has 1 N–H and O–H groups in total. The summed E-state index contributed by atoms with van der Waals surface area (Å²) in [5.41, 5.74) is -1.36. The van der Waals surface area contributed by atoms with E-state index in [0.29, 0.717) is 31.3 Å². The molecule has 0 radical (unpaired) electrons. The Hall–Kier alpha value is -1.69. The molecule has 2 aliphatic rings. The van der Waals surface area contributed by atoms with Gasteiger partial charge in [0.2, 0.25) is 0 Å². The molecular weight excluding hydrogens is 318 g/mol. The molecule has 2 aliphatic heterocycles. The zero-order chi connectivity index (χ0) is 17.3. The monoisotopic (exact) mass is 341 g/mol. The number of halogens is 1. The van der Waals surface area contributed by atoms with E-state index >= 15 is 0 Å². The average Bonchev–Trinajstić information content (AvgIpc) is 2.44. The van der Waals surface area contributed by atoms with Crippen molar-refractivity contribution >= 4 is 23.6 Å². The Bertz CT molecular complexity index is 545. The largest absolute Gasteiger partial charge is 0.444 e. The lowest BCUT2D eigenvalue weighted by Crippen LogP contribution is -2.59. The van der Waals surface area contributed by atoms with Crippen LogP contribution in [0.3, 0.4) is 0 Å². The van der Waals surface area contributed by atoms with E-state index in [2.05, 4.69) is 5.32 Å². The van der Waals surface area contributed by atoms with Crippen LogP contribution in [0.1, 0.15) is 27.7 Å². The first kappa shape index (κ1) is 17.7. The Balaban J connectivity index is 1.92. The van der Waals surface area contributed by atoms with Crippen LogP contribution in [-0.4, -0.2) is 59.1 Å². The first-order valence-electron chi connectivity index (χ1n) is 7.71. The fraction of sp³-hybridized carbons (Fsp3) is 0.625. The van der Waals surface area contributed by atoms with E-state index < -0.39 is 11.1 Å². The maximum atomic E-state index is 12.7. The second-order valence-electron chi connectivity index (χ2n) is 6.96. The Morgan fingerprint density at radius 3 is 2.30 bits per heavy atom. The quantitative estimate of drug-likeness (QED) is 0.742. The van der Waals surface area contributed by atoms with Gasteiger partial charge in [0.25, 0.3) is 5.91 Å². The number of ether oxygens (including phenoxy) is 1. The fourth-order valence-corrected chi connectivity index (χ4v) is 2.80. The molecule has 1 saturated heterocycles. The number of rotatable bonds is 1. The van der Waals surface area contributed by atoms with Crippen LogP contribution in [-0.2, 0) is 9.53 Å². The molecule has 0 spiro atoms. The van der Waals surface area contributed by atoms with Crippen LogP contribution < -0.4 is 5.32 Å². The maximum absolute atomic E-state index is 12.7. The highest BCUT2D eigenvalue weighted by Gasteiger charge is 2.37. The first-order valence-corrected chi connectivity index (χ1v) is 8.09. The predicted octanol–water partition coefficient (Wildman–Crippen LogP) is 2.06. The Morgan fingerprint density at radius 2 is 1.78 bits per heavy atom. The molecule has 0 bridgehead atoms. The van der Waals surface area contributed by atoms with Gasteiger partial charge in [0.05, 0.1) is 0 Å². The first-order chi connectivity index (χ1) is 10.6. The summed E-state index contributed by atoms with van der Waals surface area (Å²) in [6, 6.07) is 0. The number of nitrogens with zero attached hydrogens (tertiary/aromatic N) is 2. The van der Waals surface area contributed by atoms with Crippen molar-refractivity contribution in [1.82, 2.24) is 15.1 Å². The van der Waals surface area contributed by atoms with Crippen molar-refractivity contribution in [3.05, 3.63) is 23.4 Å². The van der Waals surface area contributed by atoms with Crippen LogP contribution in [0, 0.1) is 0 Å². The lowest BCUT2D eigenvalue weighted by molar-refractivity contribution is -0.137. The normalized spacial score (nSPS) is 24.8. The third kappa shape index (κ3) is 4.41. The number of hydrogen-bond acceptors (Lipinski definition) is 4. The van der Waals surface area contributed by atoms with Gasteiger partial charge in [-0.25, -0.2) is 4.79 Å². The SMILES string of the molecule is CC(C)(C)OC(=O)N1CCN(C(=O)C2(C)C=CC=C(Cl)N2)CC1. The Kier molecular flexibility index (Phi) is 4.94. The summed E-state index contributed by atoms with van der Waals surface area (Å²) in [5.74, 6) is -0.0520. The Morgan fingerprint density at radius 1 is 1.22 bits per heavy atom. The van der Waals surface area contributed by atoms with Crippen molar-refractivity contribution in [2.24, 2.45) is 0 Å². The highest BCUT2D eigenvalue weighted by molar-refractivity contribution is 6.29. The average molecular weight is 342 g/mol. The van der Waals surface area contributed by atoms with Gasteiger partial charge in [0.1, 0.15) is 16.3 Å². The van der Waals surface area contributed by atoms with Gasteiger partial charge in [-0.2, -0.15) is 0 Å². The smallest absolute Gasteiger partial charge is 0.410 e. The van der Waals surface area contributed by atoms with E-state index in [1.807, 2.05) is 20.8 Å². The Labute approximate surface area is 142 Å². The molecule has 0 aromatic rings. The maximum Gasteiger partial charge on any atom is 0.410 e. The molecule has 2 amide bonds. The van der Waals surface area contributed by atoms with Crippen LogP contribution in [0.15, 0.2) is 23.4 Å². The fourth-order valence-electron chi connectivity index (χ4n) is 2.53. The third-order valence-electron chi connectivity index (χ3n) is 3.71. The zero-order valence-electron chi connectivity index (χ0n) is 14.1. The van der Waals surface area contributed by atoms with Gasteiger partial charge in [-0.3, -0.25) is 4.79 Å². The lowest BCUT2D eigenvalue weighted by Gasteiger charge is -2.40. The number of carbonyl (C=O) groups excluding carboxylic acids is 2. The topological polar surface area (TPSA) is 61.9 Å². The van der Waals surface area contributed by atoms with Gasteiger partial charge >= 0.3 is 6.09 Å². The van der Waals surface area contributed by atoms with Crippen molar-refractivity contribution in [3.63, 3.8) is 0 Å². The number of piperazine rings is 1. The summed E-state index contributed by atoms with van der Waals surface area (Å²) in [6.07, 6.45) is 4.93. The molecule has 2 heterocycles. The molecule has 23 heavy (non-hydrogen) atoms. The van der Waals surface area contributed by atoms with Gasteiger partial charge in [0, 0.05) is 26.2 Å². The molecule has 1 unspecified atom stereocenters. The molecule has 7 heteroatoms. The third-order valence-corrected chi connectivity index (χ3v) is 3.93. The van der Waals surface area contributed by atoms with E-state index in [4.69, 9.17) is 16.3 Å². The van der Waals surface area contributed by atoms with Crippen molar-refractivity contribution in [2.45, 2.75) is 38.8 Å². The van der Waals surface area contributed by atoms with Gasteiger partial charge in [-0.1, -0.05) is 17.7 Å². The summed E-state index contributed by atoms with van der Waals surface area (Å²) in [4.78, 5) is 28.1. The van der Waals surface area contributed by atoms with Gasteiger partial charge < -0.3 is 19.9 Å². The minimum absolute atomic E-state index is 0.0520. The predicted molar refractivity (Wildman–Crippen MR) is 89.0 cm³/mol. The number of hydrogen-bond donors (Lipinski definition) is 1. The number of carbonyl (C=O) groups is 2. The second kappa shape index (κ2) is 6.43. The number of allylic oxidation sites excluding steroid dienone is 2. The molecule has 0 aliphatic carbocycles. The molecular formula is C16H24ClN3O3. The van der Waals surface area contributed by atoms with Crippen molar-refractivity contribution in [2.75, 3.05) is 26.2 Å². The molecule has 6 nitrogen and oxygen atoms in total. The summed E-state index contributed by atoms with van der Waals surface area (Å²) >= 11 is 5.97. The zero-order valence-corrected chi connectivity index (χ0v) is 14.8. The van der Waals surface area contributed by atoms with Gasteiger partial charge in [-0.05, 0) is 39.8 Å². The van der Waals surface area contributed by atoms with Gasteiger partial charge in [-0.15, -0.1) is 0 Å². The molecule has 0 aromatic heterocycles. The highest BCUT2D eigenvalue weighted by atomic mass is 35.5. The molecule has 0 saturated carbocycles. The van der Waals surface area contributed by atoms with Crippen molar-refractivity contribution < 1.29 is 14.3 Å². The molecule has 2 rings (SSSR count). The van der Waals surface area contributed by atoms with Crippen LogP contribution >= 0.6 is 11.6 Å². The highest BCUT2D eigenvalue weighted by Crippen LogP contribution is 2.20. The number of amides is 2. The summed E-state index contributed by atoms with van der Waals surface area (Å²) in [7, 11) is 0. The van der Waals surface area contributed by atoms with Crippen LogP contribution in [0.25, 0.3) is 0 Å². The molecule has 1 fully saturated rings. The van der Waals surface area contributed by atoms with E-state index in [0.717, 1.165) is 0 Å².